The van der Waals surface area contributed by atoms with Gasteiger partial charge in [-0.2, -0.15) is 0 Å². The van der Waals surface area contributed by atoms with E-state index in [1.165, 1.54) is 0 Å². The summed E-state index contributed by atoms with van der Waals surface area (Å²) < 4.78 is 8.66. The van der Waals surface area contributed by atoms with Gasteiger partial charge in [-0.05, 0) is 81.6 Å². The van der Waals surface area contributed by atoms with Crippen LogP contribution in [0.25, 0.3) is 5.65 Å². The molecule has 12 nitrogen and oxygen atoms in total. The number of pyridine rings is 2. The summed E-state index contributed by atoms with van der Waals surface area (Å²) in [5.74, 6) is 1.23. The van der Waals surface area contributed by atoms with Crippen molar-refractivity contribution in [2.45, 2.75) is 76.5 Å². The summed E-state index contributed by atoms with van der Waals surface area (Å²) in [5.41, 5.74) is 3.56. The molecule has 4 aromatic rings. The van der Waals surface area contributed by atoms with Gasteiger partial charge in [0.15, 0.2) is 11.5 Å². The van der Waals surface area contributed by atoms with Crippen LogP contribution in [0.5, 0.6) is 5.75 Å². The molecule has 2 aliphatic rings. The third-order valence-corrected chi connectivity index (χ3v) is 9.36. The van der Waals surface area contributed by atoms with Crippen LogP contribution in [0.1, 0.15) is 98.7 Å². The molecule has 1 aliphatic heterocycles. The highest BCUT2D eigenvalue weighted by atomic mass is 16.5. The minimum absolute atomic E-state index is 0.114. The molecule has 0 saturated carbocycles. The number of ether oxygens (including phenoxy) is 1. The van der Waals surface area contributed by atoms with Crippen molar-refractivity contribution < 1.29 is 19.4 Å². The summed E-state index contributed by atoms with van der Waals surface area (Å²) in [6.07, 6.45) is 5.32. The number of anilines is 1. The molecule has 0 bridgehead atoms. The van der Waals surface area contributed by atoms with E-state index in [9.17, 15) is 9.59 Å². The molecule has 6 rings (SSSR count). The molecule has 1 aliphatic carbocycles. The number of aromatic nitrogens is 4. The fraction of sp³-hybridized carbons (Fsp3) is 0.457. The second-order valence-corrected chi connectivity index (χ2v) is 13.7. The van der Waals surface area contributed by atoms with E-state index in [1.807, 2.05) is 61.7 Å². The molecule has 3 amide bonds. The summed E-state index contributed by atoms with van der Waals surface area (Å²) in [6.45, 7) is 9.15. The molecule has 3 atom stereocenters. The number of rotatable bonds is 8. The lowest BCUT2D eigenvalue weighted by molar-refractivity contribution is 0.0939. The molecule has 1 fully saturated rings. The van der Waals surface area contributed by atoms with E-state index in [-0.39, 0.29) is 48.0 Å². The molecule has 0 radical (unpaired) electrons. The molecule has 12 heteroatoms. The van der Waals surface area contributed by atoms with Gasteiger partial charge in [0.05, 0.1) is 24.4 Å². The number of aliphatic hydroxyl groups is 1. The van der Waals surface area contributed by atoms with Crippen molar-refractivity contribution in [1.82, 2.24) is 35.1 Å². The average molecular weight is 641 g/mol. The predicted octanol–water partition coefficient (Wildman–Crippen LogP) is 4.86. The van der Waals surface area contributed by atoms with E-state index in [2.05, 4.69) is 56.1 Å². The highest BCUT2D eigenvalue weighted by molar-refractivity contribution is 5.95. The third-order valence-electron chi connectivity index (χ3n) is 9.36. The van der Waals surface area contributed by atoms with Gasteiger partial charge in [-0.15, -0.1) is 10.2 Å². The van der Waals surface area contributed by atoms with Crippen molar-refractivity contribution in [1.29, 1.82) is 0 Å². The van der Waals surface area contributed by atoms with Crippen molar-refractivity contribution in [2.75, 3.05) is 32.1 Å². The first-order valence-corrected chi connectivity index (χ1v) is 16.3. The lowest BCUT2D eigenvalue weighted by Crippen LogP contribution is -2.37. The number of carbonyl (C=O) groups excluding carboxylic acids is 2. The molecule has 248 valence electrons. The van der Waals surface area contributed by atoms with E-state index >= 15 is 0 Å². The van der Waals surface area contributed by atoms with Crippen LogP contribution in [0.4, 0.5) is 10.5 Å². The van der Waals surface area contributed by atoms with Crippen LogP contribution in [-0.4, -0.2) is 68.3 Å². The van der Waals surface area contributed by atoms with Gasteiger partial charge in [0, 0.05) is 23.3 Å². The van der Waals surface area contributed by atoms with Crippen molar-refractivity contribution >= 4 is 23.3 Å². The zero-order chi connectivity index (χ0) is 33.3. The van der Waals surface area contributed by atoms with E-state index in [1.54, 1.807) is 12.1 Å². The Hall–Kier alpha value is -4.55. The number of aliphatic hydroxyl groups excluding tert-OH is 1. The second kappa shape index (κ2) is 12.9. The fourth-order valence-corrected chi connectivity index (χ4v) is 6.56. The molecule has 0 unspecified atom stereocenters. The second-order valence-electron chi connectivity index (χ2n) is 13.7. The minimum atomic E-state index is -0.416. The van der Waals surface area contributed by atoms with Crippen molar-refractivity contribution in [3.63, 3.8) is 0 Å². The van der Waals surface area contributed by atoms with E-state index in [4.69, 9.17) is 9.84 Å². The molecule has 1 aromatic carbocycles. The van der Waals surface area contributed by atoms with Crippen LogP contribution < -0.4 is 20.7 Å². The van der Waals surface area contributed by atoms with Crippen LogP contribution >= 0.6 is 0 Å². The Morgan fingerprint density at radius 1 is 1.09 bits per heavy atom. The summed E-state index contributed by atoms with van der Waals surface area (Å²) >= 11 is 0. The molecule has 0 spiro atoms. The first kappa shape index (κ1) is 32.4. The molecule has 3 aromatic heterocycles. The Bertz CT molecular complexity index is 1780. The smallest absolute Gasteiger partial charge is 0.319 e. The number of benzene rings is 1. The first-order valence-electron chi connectivity index (χ1n) is 16.3. The van der Waals surface area contributed by atoms with Gasteiger partial charge >= 0.3 is 6.03 Å². The van der Waals surface area contributed by atoms with Crippen LogP contribution in [-0.2, 0) is 11.0 Å². The van der Waals surface area contributed by atoms with Gasteiger partial charge in [0.1, 0.15) is 17.5 Å². The highest BCUT2D eigenvalue weighted by Crippen LogP contribution is 2.40. The van der Waals surface area contributed by atoms with E-state index < -0.39 is 5.91 Å². The lowest BCUT2D eigenvalue weighted by atomic mass is 9.85. The third kappa shape index (κ3) is 6.66. The Morgan fingerprint density at radius 2 is 1.87 bits per heavy atom. The number of hydrogen-bond acceptors (Lipinski definition) is 8. The topological polar surface area (TPSA) is 146 Å². The van der Waals surface area contributed by atoms with Gasteiger partial charge in [-0.25, -0.2) is 9.78 Å². The maximum atomic E-state index is 13.3. The fourth-order valence-electron chi connectivity index (χ4n) is 6.56. The number of nitrogens with one attached hydrogen (secondary N) is 3. The summed E-state index contributed by atoms with van der Waals surface area (Å²) in [7, 11) is 2.13. The lowest BCUT2D eigenvalue weighted by Gasteiger charge is -2.32. The van der Waals surface area contributed by atoms with E-state index in [0.29, 0.717) is 24.2 Å². The number of likely N-dealkylation sites (tertiary alicyclic amines) is 1. The average Bonchev–Trinajstić information content (AvgIpc) is 3.63. The number of nitrogens with zero attached hydrogens (tertiary/aromatic N) is 5. The Kier molecular flexibility index (Phi) is 8.91. The van der Waals surface area contributed by atoms with Gasteiger partial charge in [0.25, 0.3) is 5.91 Å². The van der Waals surface area contributed by atoms with Crippen LogP contribution in [0.15, 0.2) is 54.7 Å². The zero-order valence-corrected chi connectivity index (χ0v) is 27.7. The maximum Gasteiger partial charge on any atom is 0.319 e. The summed E-state index contributed by atoms with van der Waals surface area (Å²) in [4.78, 5) is 32.8. The number of fused-ring (bicyclic) bond motifs is 2. The minimum Gasteiger partial charge on any atom is -0.484 e. The predicted molar refractivity (Wildman–Crippen MR) is 178 cm³/mol. The van der Waals surface area contributed by atoms with Crippen molar-refractivity contribution in [3.8, 4) is 5.75 Å². The Labute approximate surface area is 274 Å². The maximum absolute atomic E-state index is 13.3. The largest absolute Gasteiger partial charge is 0.484 e. The normalized spacial score (nSPS) is 21.3. The van der Waals surface area contributed by atoms with E-state index in [0.717, 1.165) is 47.7 Å². The number of amides is 3. The number of hydrogen-bond donors (Lipinski definition) is 4. The van der Waals surface area contributed by atoms with Crippen LogP contribution in [0.3, 0.4) is 0 Å². The van der Waals surface area contributed by atoms with Gasteiger partial charge in [-0.3, -0.25) is 14.1 Å². The molecule has 47 heavy (non-hydrogen) atoms. The zero-order valence-electron chi connectivity index (χ0n) is 27.7. The quantitative estimate of drug-likeness (QED) is 0.214. The molecular formula is C35H44N8O4. The van der Waals surface area contributed by atoms with Gasteiger partial charge in [-0.1, -0.05) is 45.0 Å². The molecule has 4 N–H and O–H groups in total. The number of urea groups is 1. The number of carbonyl (C=O) groups is 2. The Morgan fingerprint density at radius 3 is 2.60 bits per heavy atom. The van der Waals surface area contributed by atoms with Crippen molar-refractivity contribution in [3.05, 3.63) is 83.1 Å². The van der Waals surface area contributed by atoms with Crippen molar-refractivity contribution in [2.24, 2.45) is 0 Å². The van der Waals surface area contributed by atoms with Crippen LogP contribution in [0.2, 0.25) is 0 Å². The van der Waals surface area contributed by atoms with Gasteiger partial charge in [0.2, 0.25) is 0 Å². The first-order chi connectivity index (χ1) is 22.5. The Balaban J connectivity index is 1.18. The molecule has 1 saturated heterocycles. The van der Waals surface area contributed by atoms with Gasteiger partial charge < -0.3 is 25.8 Å². The summed E-state index contributed by atoms with van der Waals surface area (Å²) in [6, 6.07) is 14.6. The standard InChI is InChI=1S/C35H44N8O4/c1-34(2,3)29-20-22(19-27(38-29)31(45)36-16-18-44)37-33(46)39-26-12-13-28(25-10-7-6-9-24(25)26)47-23-11-14-30-40-41-32(43(30)21-23)35(4)15-8-17-42(35)5/h6-7,9-11,14,19-21,26,28,44H,8,12-13,15-18H2,1-5H3,(H,36,45)(H2,37,38,39,46)/t26-,28+,35-/m0/s1. The SMILES string of the molecule is CN1CCC[C@@]1(C)c1nnc2ccc(O[C@@H]3CC[C@H](NC(=O)Nc4cc(C(=O)NCCO)nc(C(C)(C)C)c4)c4ccccc43)cn12. The highest BCUT2D eigenvalue weighted by Gasteiger charge is 2.40. The summed E-state index contributed by atoms with van der Waals surface area (Å²) in [5, 5.41) is 26.8. The van der Waals surface area contributed by atoms with Crippen LogP contribution in [0, 0.1) is 0 Å². The monoisotopic (exact) mass is 640 g/mol. The molecular weight excluding hydrogens is 596 g/mol. The molecule has 4 heterocycles.